The lowest BCUT2D eigenvalue weighted by Gasteiger charge is -2.26. The predicted molar refractivity (Wildman–Crippen MR) is 128 cm³/mol. The van der Waals surface area contributed by atoms with E-state index in [0.29, 0.717) is 18.5 Å². The molecule has 0 unspecified atom stereocenters. The van der Waals surface area contributed by atoms with Crippen LogP contribution in [0.1, 0.15) is 58.8 Å². The quantitative estimate of drug-likeness (QED) is 0.567. The maximum atomic E-state index is 12.8. The number of amides is 2. The number of pyridine rings is 1. The average molecular weight is 437 g/mol. The van der Waals surface area contributed by atoms with Gasteiger partial charge < -0.3 is 15.5 Å². The maximum absolute atomic E-state index is 12.8. The van der Waals surface area contributed by atoms with Crippen molar-refractivity contribution in [2.75, 3.05) is 27.7 Å². The van der Waals surface area contributed by atoms with Crippen LogP contribution in [0.15, 0.2) is 42.6 Å². The van der Waals surface area contributed by atoms with Crippen molar-refractivity contribution in [1.82, 2.24) is 20.5 Å². The molecule has 0 saturated heterocycles. The Kier molecular flexibility index (Phi) is 8.39. The minimum Gasteiger partial charge on any atom is -0.355 e. The second-order valence-corrected chi connectivity index (χ2v) is 9.18. The average Bonchev–Trinajstić information content (AvgIpc) is 3.61. The highest BCUT2D eigenvalue weighted by atomic mass is 16.2. The van der Waals surface area contributed by atoms with Crippen molar-refractivity contribution >= 4 is 11.8 Å². The number of nitrogens with zero attached hydrogens (tertiary/aromatic N) is 2. The molecule has 2 aromatic rings. The summed E-state index contributed by atoms with van der Waals surface area (Å²) >= 11 is 0. The Labute approximate surface area is 191 Å². The number of rotatable bonds is 11. The Hall–Kier alpha value is -2.73. The first-order valence-corrected chi connectivity index (χ1v) is 11.5. The van der Waals surface area contributed by atoms with Crippen molar-refractivity contribution in [2.45, 2.75) is 51.0 Å². The molecule has 172 valence electrons. The van der Waals surface area contributed by atoms with Gasteiger partial charge in [0.1, 0.15) is 0 Å². The molecule has 1 aromatic carbocycles. The second kappa shape index (κ2) is 11.2. The number of nitrogens with one attached hydrogen (secondary N) is 2. The van der Waals surface area contributed by atoms with Crippen molar-refractivity contribution in [1.29, 1.82) is 0 Å². The Morgan fingerprint density at radius 1 is 1.19 bits per heavy atom. The molecular formula is C26H36N4O2. The second-order valence-electron chi connectivity index (χ2n) is 9.18. The van der Waals surface area contributed by atoms with Gasteiger partial charge in [-0.1, -0.05) is 25.0 Å². The highest BCUT2D eigenvalue weighted by Gasteiger charge is 2.28. The fraction of sp³-hybridized carbons (Fsp3) is 0.500. The number of benzene rings is 1. The fourth-order valence-corrected chi connectivity index (χ4v) is 4.11. The molecular weight excluding hydrogens is 400 g/mol. The zero-order valence-electron chi connectivity index (χ0n) is 19.7. The predicted octanol–water partition coefficient (Wildman–Crippen LogP) is 3.31. The Balaban J connectivity index is 1.59. The number of aryl methyl sites for hydroxylation is 1. The molecule has 1 aromatic heterocycles. The normalized spacial score (nSPS) is 15.3. The Morgan fingerprint density at radius 2 is 1.97 bits per heavy atom. The van der Waals surface area contributed by atoms with Gasteiger partial charge in [-0.15, -0.1) is 0 Å². The van der Waals surface area contributed by atoms with Gasteiger partial charge in [0.25, 0.3) is 5.91 Å². The summed E-state index contributed by atoms with van der Waals surface area (Å²) in [6.07, 6.45) is 6.68. The number of hydrogen-bond acceptors (Lipinski definition) is 4. The molecule has 0 aliphatic heterocycles. The first-order valence-electron chi connectivity index (χ1n) is 11.5. The van der Waals surface area contributed by atoms with Crippen LogP contribution < -0.4 is 10.6 Å². The van der Waals surface area contributed by atoms with Crippen LogP contribution in [-0.2, 0) is 11.2 Å². The lowest BCUT2D eigenvalue weighted by molar-refractivity contribution is -0.121. The first-order chi connectivity index (χ1) is 15.4. The summed E-state index contributed by atoms with van der Waals surface area (Å²) in [7, 11) is 5.71. The molecule has 2 amide bonds. The van der Waals surface area contributed by atoms with Crippen LogP contribution in [0, 0.1) is 12.8 Å². The standard InChI is InChI=1S/C26H36N4O2/c1-18-13-21(26(32)27-2)11-10-20(18)15-23(30(3)4)17-29-25(31)16-22(14-19-8-9-19)24-7-5-6-12-28-24/h5-7,10-13,19,22-23H,8-9,14-17H2,1-4H3,(H,27,32)(H,29,31)/t22-,23-/m0/s1. The summed E-state index contributed by atoms with van der Waals surface area (Å²) in [5.74, 6) is 0.927. The van der Waals surface area contributed by atoms with Crippen LogP contribution in [0.5, 0.6) is 0 Å². The minimum absolute atomic E-state index is 0.0790. The number of aromatic nitrogens is 1. The van der Waals surface area contributed by atoms with Crippen LogP contribution >= 0.6 is 0 Å². The minimum atomic E-state index is -0.0790. The van der Waals surface area contributed by atoms with Gasteiger partial charge in [-0.3, -0.25) is 14.6 Å². The molecule has 0 radical (unpaired) electrons. The van der Waals surface area contributed by atoms with Crippen molar-refractivity contribution in [3.63, 3.8) is 0 Å². The molecule has 3 rings (SSSR count). The van der Waals surface area contributed by atoms with Crippen LogP contribution in [0.3, 0.4) is 0 Å². The van der Waals surface area contributed by atoms with E-state index in [1.807, 2.05) is 63.6 Å². The summed E-state index contributed by atoms with van der Waals surface area (Å²) in [6.45, 7) is 2.61. The molecule has 6 heteroatoms. The van der Waals surface area contributed by atoms with Gasteiger partial charge in [0, 0.05) is 49.4 Å². The van der Waals surface area contributed by atoms with E-state index in [-0.39, 0.29) is 23.8 Å². The third kappa shape index (κ3) is 6.89. The highest BCUT2D eigenvalue weighted by molar-refractivity contribution is 5.94. The van der Waals surface area contributed by atoms with Gasteiger partial charge in [-0.05, 0) is 75.2 Å². The van der Waals surface area contributed by atoms with Crippen molar-refractivity contribution in [3.05, 3.63) is 65.0 Å². The summed E-state index contributed by atoms with van der Waals surface area (Å²) in [5, 5.41) is 5.83. The summed E-state index contributed by atoms with van der Waals surface area (Å²) < 4.78 is 0. The maximum Gasteiger partial charge on any atom is 0.251 e. The molecule has 1 saturated carbocycles. The molecule has 2 atom stereocenters. The summed E-state index contributed by atoms with van der Waals surface area (Å²) in [5.41, 5.74) is 3.96. The highest BCUT2D eigenvalue weighted by Crippen LogP contribution is 2.39. The molecule has 0 bridgehead atoms. The van der Waals surface area contributed by atoms with Gasteiger partial charge in [-0.2, -0.15) is 0 Å². The molecule has 1 aliphatic rings. The van der Waals surface area contributed by atoms with Gasteiger partial charge >= 0.3 is 0 Å². The van der Waals surface area contributed by atoms with E-state index in [4.69, 9.17) is 0 Å². The number of likely N-dealkylation sites (N-methyl/N-ethyl adjacent to an activating group) is 1. The third-order valence-corrected chi connectivity index (χ3v) is 6.41. The number of carbonyl (C=O) groups is 2. The van der Waals surface area contributed by atoms with Crippen LogP contribution in [0.4, 0.5) is 0 Å². The smallest absolute Gasteiger partial charge is 0.251 e. The van der Waals surface area contributed by atoms with Crippen LogP contribution in [0.25, 0.3) is 0 Å². The first kappa shape index (κ1) is 23.9. The molecule has 2 N–H and O–H groups in total. The topological polar surface area (TPSA) is 74.3 Å². The lowest BCUT2D eigenvalue weighted by atomic mass is 9.93. The zero-order valence-corrected chi connectivity index (χ0v) is 19.7. The lowest BCUT2D eigenvalue weighted by Crippen LogP contribution is -2.42. The van der Waals surface area contributed by atoms with Gasteiger partial charge in [-0.25, -0.2) is 0 Å². The van der Waals surface area contributed by atoms with E-state index in [2.05, 4.69) is 20.5 Å². The summed E-state index contributed by atoms with van der Waals surface area (Å²) in [4.78, 5) is 31.4. The van der Waals surface area contributed by atoms with Crippen LogP contribution in [0.2, 0.25) is 0 Å². The summed E-state index contributed by atoms with van der Waals surface area (Å²) in [6, 6.07) is 11.9. The van der Waals surface area contributed by atoms with E-state index in [1.165, 1.54) is 18.4 Å². The van der Waals surface area contributed by atoms with E-state index in [1.54, 1.807) is 7.05 Å². The van der Waals surface area contributed by atoms with Gasteiger partial charge in [0.05, 0.1) is 0 Å². The van der Waals surface area contributed by atoms with E-state index in [9.17, 15) is 9.59 Å². The Bertz CT molecular complexity index is 909. The van der Waals surface area contributed by atoms with Gasteiger partial charge in [0.2, 0.25) is 5.91 Å². The van der Waals surface area contributed by atoms with E-state index in [0.717, 1.165) is 30.0 Å². The molecule has 1 fully saturated rings. The molecule has 0 spiro atoms. The number of carbonyl (C=O) groups excluding carboxylic acids is 2. The third-order valence-electron chi connectivity index (χ3n) is 6.41. The van der Waals surface area contributed by atoms with E-state index < -0.39 is 0 Å². The zero-order chi connectivity index (χ0) is 23.1. The monoisotopic (exact) mass is 436 g/mol. The van der Waals surface area contributed by atoms with Gasteiger partial charge in [0.15, 0.2) is 0 Å². The largest absolute Gasteiger partial charge is 0.355 e. The number of hydrogen-bond donors (Lipinski definition) is 2. The molecule has 1 aliphatic carbocycles. The van der Waals surface area contributed by atoms with E-state index >= 15 is 0 Å². The van der Waals surface area contributed by atoms with Crippen molar-refractivity contribution < 1.29 is 9.59 Å². The van der Waals surface area contributed by atoms with Crippen LogP contribution in [-0.4, -0.2) is 55.4 Å². The molecule has 6 nitrogen and oxygen atoms in total. The molecule has 1 heterocycles. The Morgan fingerprint density at radius 3 is 2.56 bits per heavy atom. The van der Waals surface area contributed by atoms with Crippen molar-refractivity contribution in [2.24, 2.45) is 5.92 Å². The molecule has 32 heavy (non-hydrogen) atoms. The SMILES string of the molecule is CNC(=O)c1ccc(C[C@@H](CNC(=O)C[C@H](CC2CC2)c2ccccn2)N(C)C)c(C)c1. The van der Waals surface area contributed by atoms with Crippen molar-refractivity contribution in [3.8, 4) is 0 Å². The fourth-order valence-electron chi connectivity index (χ4n) is 4.11.